The van der Waals surface area contributed by atoms with Crippen LogP contribution < -0.4 is 9.47 Å². The first-order chi connectivity index (χ1) is 8.49. The van der Waals surface area contributed by atoms with Crippen LogP contribution in [0.2, 0.25) is 0 Å². The van der Waals surface area contributed by atoms with E-state index in [0.29, 0.717) is 0 Å². The largest absolute Gasteiger partial charge is 0.493 e. The number of hydrogen-bond donors (Lipinski definition) is 0. The number of rotatable bonds is 2. The van der Waals surface area contributed by atoms with Gasteiger partial charge in [-0.25, -0.2) is 0 Å². The standard InChI is InChI=1S/C16H20O2/c1-16(2,3)14-12-9-7-6-8-11(12)10-13(17-4)15(14)18-5/h6-10H,1-5H3. The Morgan fingerprint density at radius 1 is 0.944 bits per heavy atom. The van der Waals surface area contributed by atoms with Gasteiger partial charge in [-0.2, -0.15) is 0 Å². The van der Waals surface area contributed by atoms with E-state index in [4.69, 9.17) is 9.47 Å². The van der Waals surface area contributed by atoms with Gasteiger partial charge in [-0.15, -0.1) is 0 Å². The Bertz CT molecular complexity index is 565. The van der Waals surface area contributed by atoms with Crippen molar-refractivity contribution in [2.75, 3.05) is 14.2 Å². The topological polar surface area (TPSA) is 18.5 Å². The second-order valence-corrected chi connectivity index (χ2v) is 5.46. The second-order valence-electron chi connectivity index (χ2n) is 5.46. The number of ether oxygens (including phenoxy) is 2. The third kappa shape index (κ3) is 2.03. The monoisotopic (exact) mass is 244 g/mol. The summed E-state index contributed by atoms with van der Waals surface area (Å²) in [4.78, 5) is 0. The van der Waals surface area contributed by atoms with E-state index < -0.39 is 0 Å². The molecule has 0 aromatic heterocycles. The molecule has 0 unspecified atom stereocenters. The average Bonchev–Trinajstić information content (AvgIpc) is 2.34. The minimum absolute atomic E-state index is 0.000509. The van der Waals surface area contributed by atoms with Crippen LogP contribution in [0.4, 0.5) is 0 Å². The fourth-order valence-corrected chi connectivity index (χ4v) is 2.40. The summed E-state index contributed by atoms with van der Waals surface area (Å²) in [7, 11) is 3.38. The molecule has 0 saturated carbocycles. The first-order valence-corrected chi connectivity index (χ1v) is 6.13. The summed E-state index contributed by atoms with van der Waals surface area (Å²) in [5, 5.41) is 2.41. The molecule has 2 aromatic carbocycles. The van der Waals surface area contributed by atoms with Crippen molar-refractivity contribution in [2.24, 2.45) is 0 Å². The highest BCUT2D eigenvalue weighted by atomic mass is 16.5. The average molecular weight is 244 g/mol. The number of hydrogen-bond acceptors (Lipinski definition) is 2. The lowest BCUT2D eigenvalue weighted by molar-refractivity contribution is 0.346. The van der Waals surface area contributed by atoms with E-state index in [9.17, 15) is 0 Å². The molecule has 0 atom stereocenters. The third-order valence-electron chi connectivity index (χ3n) is 3.14. The van der Waals surface area contributed by atoms with Crippen LogP contribution in [0.5, 0.6) is 11.5 Å². The Morgan fingerprint density at radius 3 is 2.17 bits per heavy atom. The van der Waals surface area contributed by atoms with Gasteiger partial charge in [-0.05, 0) is 22.3 Å². The molecule has 96 valence electrons. The van der Waals surface area contributed by atoms with E-state index in [1.54, 1.807) is 14.2 Å². The lowest BCUT2D eigenvalue weighted by Crippen LogP contribution is -2.14. The highest BCUT2D eigenvalue weighted by molar-refractivity contribution is 5.91. The quantitative estimate of drug-likeness (QED) is 0.790. The molecule has 0 fully saturated rings. The molecule has 0 aliphatic carbocycles. The molecule has 2 rings (SSSR count). The predicted molar refractivity (Wildman–Crippen MR) is 75.8 cm³/mol. The summed E-state index contributed by atoms with van der Waals surface area (Å²) < 4.78 is 11.0. The minimum Gasteiger partial charge on any atom is -0.493 e. The highest BCUT2D eigenvalue weighted by Crippen LogP contribution is 2.43. The van der Waals surface area contributed by atoms with Gasteiger partial charge < -0.3 is 9.47 Å². The molecule has 2 nitrogen and oxygen atoms in total. The number of fused-ring (bicyclic) bond motifs is 1. The molecule has 0 aliphatic rings. The second kappa shape index (κ2) is 4.52. The molecule has 0 aliphatic heterocycles. The van der Waals surface area contributed by atoms with Crippen molar-refractivity contribution in [3.8, 4) is 11.5 Å². The maximum Gasteiger partial charge on any atom is 0.165 e. The van der Waals surface area contributed by atoms with E-state index in [0.717, 1.165) is 11.5 Å². The van der Waals surface area contributed by atoms with Gasteiger partial charge in [0.15, 0.2) is 11.5 Å². The van der Waals surface area contributed by atoms with Crippen LogP contribution in [0.3, 0.4) is 0 Å². The number of benzene rings is 2. The Labute approximate surface area is 109 Å². The van der Waals surface area contributed by atoms with Crippen LogP contribution in [0.15, 0.2) is 30.3 Å². The van der Waals surface area contributed by atoms with Crippen molar-refractivity contribution in [1.29, 1.82) is 0 Å². The van der Waals surface area contributed by atoms with Gasteiger partial charge in [0.2, 0.25) is 0 Å². The zero-order chi connectivity index (χ0) is 13.3. The van der Waals surface area contributed by atoms with Crippen molar-refractivity contribution in [3.63, 3.8) is 0 Å². The van der Waals surface area contributed by atoms with Crippen LogP contribution in [0, 0.1) is 0 Å². The number of methoxy groups -OCH3 is 2. The predicted octanol–water partition coefficient (Wildman–Crippen LogP) is 4.15. The van der Waals surface area contributed by atoms with Gasteiger partial charge in [-0.3, -0.25) is 0 Å². The van der Waals surface area contributed by atoms with Crippen molar-refractivity contribution in [1.82, 2.24) is 0 Å². The fraction of sp³-hybridized carbons (Fsp3) is 0.375. The Balaban J connectivity index is 2.91. The maximum atomic E-state index is 5.58. The third-order valence-corrected chi connectivity index (χ3v) is 3.14. The molecule has 2 aromatic rings. The van der Waals surface area contributed by atoms with Gasteiger partial charge in [0, 0.05) is 5.56 Å². The lowest BCUT2D eigenvalue weighted by Gasteiger charge is -2.25. The minimum atomic E-state index is -0.000509. The van der Waals surface area contributed by atoms with Crippen LogP contribution in [0.25, 0.3) is 10.8 Å². The maximum absolute atomic E-state index is 5.58. The van der Waals surface area contributed by atoms with Crippen LogP contribution in [-0.2, 0) is 5.41 Å². The molecule has 0 N–H and O–H groups in total. The van der Waals surface area contributed by atoms with Gasteiger partial charge in [0.1, 0.15) is 0 Å². The van der Waals surface area contributed by atoms with Crippen molar-refractivity contribution < 1.29 is 9.47 Å². The summed E-state index contributed by atoms with van der Waals surface area (Å²) in [5.74, 6) is 1.63. The zero-order valence-corrected chi connectivity index (χ0v) is 11.7. The summed E-state index contributed by atoms with van der Waals surface area (Å²) in [6.07, 6.45) is 0. The normalized spacial score (nSPS) is 11.6. The highest BCUT2D eigenvalue weighted by Gasteiger charge is 2.24. The smallest absolute Gasteiger partial charge is 0.165 e. The molecule has 0 bridgehead atoms. The fourth-order valence-electron chi connectivity index (χ4n) is 2.40. The molecule has 2 heteroatoms. The molecular formula is C16H20O2. The molecule has 0 heterocycles. The molecule has 0 spiro atoms. The molecule has 0 saturated heterocycles. The van der Waals surface area contributed by atoms with Crippen molar-refractivity contribution in [2.45, 2.75) is 26.2 Å². The first kappa shape index (κ1) is 12.7. The van der Waals surface area contributed by atoms with Gasteiger partial charge in [-0.1, -0.05) is 45.0 Å². The Morgan fingerprint density at radius 2 is 1.61 bits per heavy atom. The summed E-state index contributed by atoms with van der Waals surface area (Å²) in [5.41, 5.74) is 1.19. The molecular weight excluding hydrogens is 224 g/mol. The van der Waals surface area contributed by atoms with Crippen LogP contribution in [-0.4, -0.2) is 14.2 Å². The van der Waals surface area contributed by atoms with E-state index >= 15 is 0 Å². The van der Waals surface area contributed by atoms with Gasteiger partial charge in [0.25, 0.3) is 0 Å². The molecule has 0 radical (unpaired) electrons. The Kier molecular flexibility index (Phi) is 3.20. The molecule has 0 amide bonds. The SMILES string of the molecule is COc1cc2ccccc2c(C(C)(C)C)c1OC. The van der Waals surface area contributed by atoms with Crippen LogP contribution in [0.1, 0.15) is 26.3 Å². The summed E-state index contributed by atoms with van der Waals surface area (Å²) >= 11 is 0. The van der Waals surface area contributed by atoms with Crippen molar-refractivity contribution in [3.05, 3.63) is 35.9 Å². The Hall–Kier alpha value is -1.70. The summed E-state index contributed by atoms with van der Waals surface area (Å²) in [6.45, 7) is 6.57. The first-order valence-electron chi connectivity index (χ1n) is 6.13. The van der Waals surface area contributed by atoms with E-state index in [1.165, 1.54) is 16.3 Å². The van der Waals surface area contributed by atoms with Gasteiger partial charge >= 0.3 is 0 Å². The summed E-state index contributed by atoms with van der Waals surface area (Å²) in [6, 6.07) is 10.4. The zero-order valence-electron chi connectivity index (χ0n) is 11.7. The van der Waals surface area contributed by atoms with E-state index in [1.807, 2.05) is 12.1 Å². The lowest BCUT2D eigenvalue weighted by atomic mass is 9.82. The van der Waals surface area contributed by atoms with E-state index in [-0.39, 0.29) is 5.41 Å². The van der Waals surface area contributed by atoms with Gasteiger partial charge in [0.05, 0.1) is 14.2 Å². The van der Waals surface area contributed by atoms with E-state index in [2.05, 4.69) is 39.0 Å². The van der Waals surface area contributed by atoms with Crippen molar-refractivity contribution >= 4 is 10.8 Å². The van der Waals surface area contributed by atoms with Crippen LogP contribution >= 0.6 is 0 Å². The molecule has 18 heavy (non-hydrogen) atoms.